The van der Waals surface area contributed by atoms with Crippen molar-refractivity contribution in [3.63, 3.8) is 0 Å². The van der Waals surface area contributed by atoms with E-state index in [4.69, 9.17) is 0 Å². The molecule has 0 bridgehead atoms. The molecule has 0 fully saturated rings. The van der Waals surface area contributed by atoms with Crippen molar-refractivity contribution in [2.75, 3.05) is 0 Å². The maximum absolute atomic E-state index is 0. The van der Waals surface area contributed by atoms with Gasteiger partial charge in [0.05, 0.1) is 0 Å². The van der Waals surface area contributed by atoms with Crippen LogP contribution < -0.4 is 0 Å². The first-order valence-electron chi connectivity index (χ1n) is 0. The Morgan fingerprint density at radius 1 is 1.00 bits per heavy atom. The molecular weight excluding hydrogens is 101 g/mol. The van der Waals surface area contributed by atoms with E-state index in [9.17, 15) is 0 Å². The first-order valence-corrected chi connectivity index (χ1v) is 0. The standard InChI is InChI=1S/C.Be.Cu.O.2H/q;;+2;-2;;. The molecule has 5 radical (unpaired) electrons. The molecule has 0 spiro atoms. The molecule has 0 atom stereocenters. The van der Waals surface area contributed by atoms with Gasteiger partial charge in [-0.2, -0.15) is 0 Å². The summed E-state index contributed by atoms with van der Waals surface area (Å²) in [5.74, 6) is 0. The van der Waals surface area contributed by atoms with Crippen LogP contribution in [0.4, 0.5) is 0 Å². The van der Waals surface area contributed by atoms with Crippen LogP contribution in [0, 0.1) is 7.43 Å². The molecule has 0 N–H and O–H groups in total. The fraction of sp³-hybridized carbons (Fsp3) is 0. The van der Waals surface area contributed by atoms with Gasteiger partial charge in [-0.15, -0.1) is 0 Å². The third kappa shape index (κ3) is 17.1. The molecule has 0 amide bonds. The van der Waals surface area contributed by atoms with Gasteiger partial charge >= 0.3 is 27.2 Å². The van der Waals surface area contributed by atoms with E-state index in [1.807, 2.05) is 0 Å². The Hall–Kier alpha value is 0.648. The van der Waals surface area contributed by atoms with Gasteiger partial charge in [-0.25, -0.2) is 0 Å². The fourth-order valence-electron chi connectivity index (χ4n) is 0. The maximum Gasteiger partial charge on any atom is 2.00 e. The van der Waals surface area contributed by atoms with Gasteiger partial charge in [-0.05, 0) is 0 Å². The van der Waals surface area contributed by atoms with Crippen molar-refractivity contribution in [1.29, 1.82) is 0 Å². The topological polar surface area (TPSA) is 28.5 Å². The van der Waals surface area contributed by atoms with Crippen LogP contribution in [0.15, 0.2) is 0 Å². The summed E-state index contributed by atoms with van der Waals surface area (Å²) in [5, 5.41) is 0. The Kier molecular flexibility index (Phi) is 2240. The molecule has 0 saturated heterocycles. The van der Waals surface area contributed by atoms with Crippen molar-refractivity contribution >= 4 is 10.1 Å². The van der Waals surface area contributed by atoms with Crippen molar-refractivity contribution in [3.8, 4) is 0 Å². The van der Waals surface area contributed by atoms with Gasteiger partial charge < -0.3 is 5.48 Å². The van der Waals surface area contributed by atoms with Gasteiger partial charge in [0.1, 0.15) is 0 Å². The first kappa shape index (κ1) is 147. The van der Waals surface area contributed by atoms with Crippen molar-refractivity contribution in [2.45, 2.75) is 0 Å². The second-order valence-electron chi connectivity index (χ2n) is 0. The predicted octanol–water partition coefficient (Wildman–Crippen LogP) is -0.956. The van der Waals surface area contributed by atoms with Crippen LogP contribution >= 0.6 is 0 Å². The molecule has 0 aromatic carbocycles. The van der Waals surface area contributed by atoms with Crippen LogP contribution in [0.2, 0.25) is 0 Å². The Labute approximate surface area is 40.8 Å². The zero-order valence-corrected chi connectivity index (χ0v) is 2.15. The van der Waals surface area contributed by atoms with Gasteiger partial charge in [0, 0.05) is 7.43 Å². The summed E-state index contributed by atoms with van der Waals surface area (Å²) in [6.45, 7) is 0. The molecule has 0 saturated carbocycles. The summed E-state index contributed by atoms with van der Waals surface area (Å²) in [6, 6.07) is 0. The van der Waals surface area contributed by atoms with Gasteiger partial charge in [-0.1, -0.05) is 0 Å². The van der Waals surface area contributed by atoms with Crippen LogP contribution in [0.25, 0.3) is 0 Å². The van der Waals surface area contributed by atoms with Crippen LogP contribution in [0.1, 0.15) is 0 Å². The van der Waals surface area contributed by atoms with Gasteiger partial charge in [-0.3, -0.25) is 0 Å². The minimum atomic E-state index is 0. The van der Waals surface area contributed by atoms with E-state index in [1.165, 1.54) is 0 Å². The zero-order chi connectivity index (χ0) is 0. The average Bonchev–Trinajstić information content (AvgIpc) is 0. The van der Waals surface area contributed by atoms with Crippen LogP contribution in [-0.4, -0.2) is 10.1 Å². The van der Waals surface area contributed by atoms with E-state index in [0.717, 1.165) is 0 Å². The SMILES string of the molecule is [BeH2].[C].[Cu+2].[O-2]. The Morgan fingerprint density at radius 2 is 1.00 bits per heavy atom. The molecule has 25 valence electrons. The Balaban J connectivity index is 0. The zero-order valence-electron chi connectivity index (χ0n) is 1.21. The van der Waals surface area contributed by atoms with Crippen LogP contribution in [0.5, 0.6) is 0 Å². The minimum absolute atomic E-state index is 0. The van der Waals surface area contributed by atoms with Gasteiger partial charge in [0.2, 0.25) is 0 Å². The van der Waals surface area contributed by atoms with Crippen molar-refractivity contribution < 1.29 is 22.5 Å². The van der Waals surface area contributed by atoms with E-state index in [-0.39, 0.29) is 40.1 Å². The average molecular weight is 103 g/mol. The number of rotatable bonds is 0. The smallest absolute Gasteiger partial charge is 2.00 e. The monoisotopic (exact) mass is 102 g/mol. The Bertz CT molecular complexity index is 8.00. The summed E-state index contributed by atoms with van der Waals surface area (Å²) in [4.78, 5) is 0. The minimum Gasteiger partial charge on any atom is -2.00 e. The summed E-state index contributed by atoms with van der Waals surface area (Å²) in [6.07, 6.45) is 0. The summed E-state index contributed by atoms with van der Waals surface area (Å²) in [7, 11) is 0. The number of hydrogen-bond acceptors (Lipinski definition) is 0. The molecule has 0 aromatic heterocycles. The summed E-state index contributed by atoms with van der Waals surface area (Å²) < 4.78 is 0. The third-order valence-corrected chi connectivity index (χ3v) is 0. The van der Waals surface area contributed by atoms with Gasteiger partial charge in [0.25, 0.3) is 0 Å². The van der Waals surface area contributed by atoms with Crippen molar-refractivity contribution in [2.24, 2.45) is 0 Å². The molecule has 1 nitrogen and oxygen atoms in total. The van der Waals surface area contributed by atoms with Crippen LogP contribution in [0.3, 0.4) is 0 Å². The molecule has 0 aromatic rings. The Morgan fingerprint density at radius 3 is 1.00 bits per heavy atom. The van der Waals surface area contributed by atoms with Crippen molar-refractivity contribution in [3.05, 3.63) is 7.43 Å². The van der Waals surface area contributed by atoms with Gasteiger partial charge in [0.15, 0.2) is 0 Å². The molecule has 0 heterocycles. The summed E-state index contributed by atoms with van der Waals surface area (Å²) in [5.41, 5.74) is 0. The van der Waals surface area contributed by atoms with Crippen molar-refractivity contribution in [1.82, 2.24) is 0 Å². The maximum atomic E-state index is 0. The predicted molar refractivity (Wildman–Crippen MR) is 12.5 cm³/mol. The second kappa shape index (κ2) is 60.9. The normalized spacial score (nSPS) is 0. The van der Waals surface area contributed by atoms with Crippen LogP contribution in [-0.2, 0) is 22.5 Å². The quantitative estimate of drug-likeness (QED) is 0.353. The molecule has 0 unspecified atom stereocenters. The van der Waals surface area contributed by atoms with E-state index >= 15 is 0 Å². The number of hydrogen-bond donors (Lipinski definition) is 0. The molecule has 0 aliphatic carbocycles. The first-order chi connectivity index (χ1) is 0. The molecule has 0 aliphatic rings. The largest absolute Gasteiger partial charge is 2.00 e. The molecular formula is CH2BeCuO. The molecule has 4 heavy (non-hydrogen) atoms. The van der Waals surface area contributed by atoms with E-state index in [1.54, 1.807) is 0 Å². The van der Waals surface area contributed by atoms with E-state index < -0.39 is 0 Å². The second-order valence-corrected chi connectivity index (χ2v) is 0. The van der Waals surface area contributed by atoms with E-state index in [0.29, 0.717) is 0 Å². The van der Waals surface area contributed by atoms with E-state index in [2.05, 4.69) is 0 Å². The molecule has 0 aliphatic heterocycles. The molecule has 3 heteroatoms. The fourth-order valence-corrected chi connectivity index (χ4v) is 0. The summed E-state index contributed by atoms with van der Waals surface area (Å²) >= 11 is 0. The third-order valence-electron chi connectivity index (χ3n) is 0. The molecule has 0 rings (SSSR count).